The summed E-state index contributed by atoms with van der Waals surface area (Å²) in [6, 6.07) is 19.1. The number of aromatic nitrogens is 2. The Hall–Kier alpha value is -4.95. The maximum atomic E-state index is 12.0. The van der Waals surface area contributed by atoms with Crippen LogP contribution in [0.15, 0.2) is 71.4 Å². The molecule has 51 heavy (non-hydrogen) atoms. The highest BCUT2D eigenvalue weighted by Crippen LogP contribution is 2.37. The Labute approximate surface area is 301 Å². The molecule has 3 aromatic carbocycles. The minimum absolute atomic E-state index is 0.159. The van der Waals surface area contributed by atoms with Crippen LogP contribution in [-0.4, -0.2) is 51.7 Å². The van der Waals surface area contributed by atoms with Gasteiger partial charge in [-0.25, -0.2) is 4.98 Å². The molecule has 1 N–H and O–H groups in total. The molecule has 7 rings (SSSR count). The number of piperidine rings is 1. The number of fused-ring (bicyclic) bond motifs is 1. The number of hydrogen-bond donors (Lipinski definition) is 1. The Bertz CT molecular complexity index is 2090. The van der Waals surface area contributed by atoms with Gasteiger partial charge in [-0.05, 0) is 85.7 Å². The average molecular weight is 707 g/mol. The highest BCUT2D eigenvalue weighted by atomic mass is 35.5. The number of hydrogen-bond acceptors (Lipinski definition) is 9. The summed E-state index contributed by atoms with van der Waals surface area (Å²) < 4.78 is 24.3. The molecule has 0 radical (unpaired) electrons. The van der Waals surface area contributed by atoms with Gasteiger partial charge in [0.25, 0.3) is 0 Å². The second-order valence-electron chi connectivity index (χ2n) is 13.2. The molecule has 1 atom stereocenters. The lowest BCUT2D eigenvalue weighted by Crippen LogP contribution is -2.44. The molecule has 0 spiro atoms. The van der Waals surface area contributed by atoms with Crippen LogP contribution < -0.4 is 9.47 Å². The van der Waals surface area contributed by atoms with E-state index in [9.17, 15) is 15.2 Å². The SMILES string of the molecule is Cc1c(COc2cc(OCc3cncc(C#N)c3)c(CN3CCCC[C@H]3C(=O)O)cc2Cl)cccc1-c1ccc2oc(C3CCOCC3)nc2c1. The van der Waals surface area contributed by atoms with Crippen LogP contribution in [0.3, 0.4) is 0 Å². The summed E-state index contributed by atoms with van der Waals surface area (Å²) in [6.07, 6.45) is 7.37. The molecule has 4 heterocycles. The molecule has 2 aliphatic rings. The van der Waals surface area contributed by atoms with Crippen LogP contribution in [0.4, 0.5) is 0 Å². The third kappa shape index (κ3) is 7.86. The number of nitriles is 1. The van der Waals surface area contributed by atoms with E-state index in [-0.39, 0.29) is 19.1 Å². The summed E-state index contributed by atoms with van der Waals surface area (Å²) >= 11 is 6.84. The van der Waals surface area contributed by atoms with Gasteiger partial charge < -0.3 is 23.7 Å². The first-order valence-electron chi connectivity index (χ1n) is 17.3. The lowest BCUT2D eigenvalue weighted by atomic mass is 9.96. The summed E-state index contributed by atoms with van der Waals surface area (Å²) in [7, 11) is 0. The maximum absolute atomic E-state index is 12.0. The van der Waals surface area contributed by atoms with Crippen LogP contribution in [0.1, 0.15) is 71.7 Å². The molecule has 2 saturated heterocycles. The molecule has 2 fully saturated rings. The van der Waals surface area contributed by atoms with E-state index in [1.807, 2.05) is 23.1 Å². The predicted molar refractivity (Wildman–Crippen MR) is 192 cm³/mol. The molecular formula is C40H39ClN4O6. The number of pyridine rings is 1. The van der Waals surface area contributed by atoms with Crippen LogP contribution in [0.25, 0.3) is 22.2 Å². The number of likely N-dealkylation sites (tertiary alicyclic amines) is 1. The smallest absolute Gasteiger partial charge is 0.320 e. The lowest BCUT2D eigenvalue weighted by Gasteiger charge is -2.33. The Morgan fingerprint density at radius 1 is 1.02 bits per heavy atom. The number of carboxylic acid groups (broad SMARTS) is 1. The van der Waals surface area contributed by atoms with Crippen LogP contribution in [0.2, 0.25) is 5.02 Å². The van der Waals surface area contributed by atoms with Crippen molar-refractivity contribution in [1.82, 2.24) is 14.9 Å². The zero-order valence-corrected chi connectivity index (χ0v) is 29.2. The first kappa shape index (κ1) is 34.5. The van der Waals surface area contributed by atoms with E-state index >= 15 is 0 Å². The molecule has 0 bridgehead atoms. The van der Waals surface area contributed by atoms with Gasteiger partial charge in [-0.2, -0.15) is 5.26 Å². The van der Waals surface area contributed by atoms with Crippen molar-refractivity contribution in [3.63, 3.8) is 0 Å². The predicted octanol–water partition coefficient (Wildman–Crippen LogP) is 8.21. The Kier molecular flexibility index (Phi) is 10.5. The number of oxazole rings is 1. The fourth-order valence-electron chi connectivity index (χ4n) is 6.95. The fourth-order valence-corrected chi connectivity index (χ4v) is 7.19. The van der Waals surface area contributed by atoms with Crippen molar-refractivity contribution in [3.05, 3.63) is 106 Å². The van der Waals surface area contributed by atoms with Crippen molar-refractivity contribution in [2.75, 3.05) is 19.8 Å². The summed E-state index contributed by atoms with van der Waals surface area (Å²) in [5.74, 6) is 1.20. The van der Waals surface area contributed by atoms with Crippen LogP contribution in [-0.2, 0) is 29.3 Å². The highest BCUT2D eigenvalue weighted by molar-refractivity contribution is 6.32. The highest BCUT2D eigenvalue weighted by Gasteiger charge is 2.29. The van der Waals surface area contributed by atoms with Crippen molar-refractivity contribution in [2.24, 2.45) is 0 Å². The number of carbonyl (C=O) groups is 1. The first-order valence-corrected chi connectivity index (χ1v) is 17.7. The van der Waals surface area contributed by atoms with E-state index < -0.39 is 12.0 Å². The summed E-state index contributed by atoms with van der Waals surface area (Å²) in [5, 5.41) is 19.6. The normalized spacial score (nSPS) is 16.9. The Morgan fingerprint density at radius 2 is 1.86 bits per heavy atom. The third-order valence-corrected chi connectivity index (χ3v) is 10.1. The monoisotopic (exact) mass is 706 g/mol. The molecule has 2 aromatic heterocycles. The van der Waals surface area contributed by atoms with E-state index in [0.29, 0.717) is 41.6 Å². The minimum atomic E-state index is -0.833. The van der Waals surface area contributed by atoms with Crippen molar-refractivity contribution in [1.29, 1.82) is 5.26 Å². The number of carboxylic acids is 1. The van der Waals surface area contributed by atoms with E-state index in [4.69, 9.17) is 35.2 Å². The van der Waals surface area contributed by atoms with Crippen LogP contribution in [0.5, 0.6) is 11.5 Å². The second kappa shape index (κ2) is 15.5. The first-order chi connectivity index (χ1) is 24.9. The fraction of sp³-hybridized carbons (Fsp3) is 0.350. The standard InChI is InChI=1S/C40H39ClN4O6/c1-25-30(5-4-6-32(25)29-8-9-36-34(17-29)44-39(51-36)28-10-13-48-14-11-28)24-50-38-18-37(49-23-27-15-26(19-42)20-43-21-27)31(16-33(38)41)22-45-12-3-2-7-35(45)40(46)47/h4-6,8-9,15-18,20-21,28,35H,2-3,7,10-14,22-24H2,1H3,(H,46,47)/t35-/m0/s1. The molecule has 10 nitrogen and oxygen atoms in total. The molecule has 0 amide bonds. The molecular weight excluding hydrogens is 668 g/mol. The van der Waals surface area contributed by atoms with Crippen molar-refractivity contribution in [3.8, 4) is 28.7 Å². The van der Waals surface area contributed by atoms with E-state index in [2.05, 4.69) is 36.2 Å². The van der Waals surface area contributed by atoms with Crippen LogP contribution in [0, 0.1) is 18.3 Å². The van der Waals surface area contributed by atoms with Gasteiger partial charge in [0.15, 0.2) is 11.5 Å². The van der Waals surface area contributed by atoms with Crippen molar-refractivity contribution >= 4 is 28.7 Å². The van der Waals surface area contributed by atoms with Gasteiger partial charge in [-0.15, -0.1) is 0 Å². The van der Waals surface area contributed by atoms with E-state index in [1.54, 1.807) is 24.4 Å². The molecule has 0 unspecified atom stereocenters. The molecule has 5 aromatic rings. The number of nitrogens with zero attached hydrogens (tertiary/aromatic N) is 4. The quantitative estimate of drug-likeness (QED) is 0.143. The van der Waals surface area contributed by atoms with E-state index in [0.717, 1.165) is 89.3 Å². The van der Waals surface area contributed by atoms with Gasteiger partial charge in [0.1, 0.15) is 42.3 Å². The summed E-state index contributed by atoms with van der Waals surface area (Å²) in [5.41, 5.74) is 7.72. The van der Waals surface area contributed by atoms with Gasteiger partial charge in [0.05, 0.1) is 10.6 Å². The minimum Gasteiger partial charge on any atom is -0.488 e. The maximum Gasteiger partial charge on any atom is 0.320 e. The van der Waals surface area contributed by atoms with Crippen molar-refractivity contribution < 1.29 is 28.5 Å². The van der Waals surface area contributed by atoms with Gasteiger partial charge >= 0.3 is 5.97 Å². The van der Waals surface area contributed by atoms with E-state index in [1.165, 1.54) is 6.20 Å². The lowest BCUT2D eigenvalue weighted by molar-refractivity contribution is -0.144. The Morgan fingerprint density at radius 3 is 2.69 bits per heavy atom. The van der Waals surface area contributed by atoms with Crippen molar-refractivity contribution in [2.45, 2.75) is 70.7 Å². The molecule has 262 valence electrons. The number of rotatable bonds is 11. The average Bonchev–Trinajstić information content (AvgIpc) is 3.59. The summed E-state index contributed by atoms with van der Waals surface area (Å²) in [6.45, 7) is 4.98. The molecule has 0 aliphatic carbocycles. The zero-order chi connectivity index (χ0) is 35.3. The third-order valence-electron chi connectivity index (χ3n) is 9.82. The number of aliphatic carboxylic acids is 1. The van der Waals surface area contributed by atoms with Gasteiger partial charge in [-0.3, -0.25) is 14.7 Å². The number of ether oxygens (including phenoxy) is 3. The summed E-state index contributed by atoms with van der Waals surface area (Å²) in [4.78, 5) is 23.0. The number of benzene rings is 3. The van der Waals surface area contributed by atoms with Crippen LogP contribution >= 0.6 is 11.6 Å². The Balaban J connectivity index is 1.12. The topological polar surface area (TPSA) is 131 Å². The molecule has 2 aliphatic heterocycles. The van der Waals surface area contributed by atoms with Gasteiger partial charge in [-0.1, -0.05) is 42.3 Å². The largest absolute Gasteiger partial charge is 0.488 e. The van der Waals surface area contributed by atoms with Gasteiger partial charge in [0, 0.05) is 55.3 Å². The zero-order valence-electron chi connectivity index (χ0n) is 28.4. The number of halogens is 1. The van der Waals surface area contributed by atoms with Gasteiger partial charge in [0.2, 0.25) is 0 Å². The second-order valence-corrected chi connectivity index (χ2v) is 13.6. The molecule has 0 saturated carbocycles. The molecule has 11 heteroatoms.